The Labute approximate surface area is 156 Å². The van der Waals surface area contributed by atoms with Gasteiger partial charge in [0.25, 0.3) is 5.91 Å². The molecule has 1 heterocycles. The lowest BCUT2D eigenvalue weighted by atomic mass is 9.75. The third kappa shape index (κ3) is 3.29. The van der Waals surface area contributed by atoms with Crippen molar-refractivity contribution >= 4 is 28.9 Å². The van der Waals surface area contributed by atoms with Crippen molar-refractivity contribution in [2.45, 2.75) is 33.6 Å². The number of nitrogens with one attached hydrogen (secondary N) is 1. The fourth-order valence-electron chi connectivity index (χ4n) is 3.37. The summed E-state index contributed by atoms with van der Waals surface area (Å²) >= 11 is 6.01. The van der Waals surface area contributed by atoms with Gasteiger partial charge in [0, 0.05) is 22.6 Å². The number of methoxy groups -OCH3 is 1. The molecule has 1 aromatic heterocycles. The molecule has 0 fully saturated rings. The van der Waals surface area contributed by atoms with Crippen LogP contribution < -0.4 is 10.1 Å². The summed E-state index contributed by atoms with van der Waals surface area (Å²) in [5.41, 5.74) is 2.26. The van der Waals surface area contributed by atoms with E-state index in [2.05, 4.69) is 24.3 Å². The van der Waals surface area contributed by atoms with Crippen LogP contribution in [0.25, 0.3) is 0 Å². The summed E-state index contributed by atoms with van der Waals surface area (Å²) < 4.78 is 11.1. The molecule has 1 aliphatic carbocycles. The zero-order valence-electron chi connectivity index (χ0n) is 15.1. The molecular formula is C19H21ClN2O4. The molecule has 6 nitrogen and oxygen atoms in total. The number of nitrogens with zero attached hydrogens (tertiary/aromatic N) is 1. The molecule has 0 radical (unpaired) electrons. The van der Waals surface area contributed by atoms with Crippen molar-refractivity contribution in [2.75, 3.05) is 12.4 Å². The predicted octanol–water partition coefficient (Wildman–Crippen LogP) is 4.65. The number of oxime groups is 1. The van der Waals surface area contributed by atoms with E-state index in [4.69, 9.17) is 20.8 Å². The number of hydrogen-bond acceptors (Lipinski definition) is 5. The number of benzene rings is 1. The fourth-order valence-corrected chi connectivity index (χ4v) is 3.55. The number of ether oxygens (including phenoxy) is 1. The van der Waals surface area contributed by atoms with Gasteiger partial charge in [0.05, 0.1) is 18.5 Å². The van der Waals surface area contributed by atoms with Gasteiger partial charge in [-0.1, -0.05) is 30.6 Å². The zero-order chi connectivity index (χ0) is 19.1. The molecule has 2 N–H and O–H groups in total. The van der Waals surface area contributed by atoms with Crippen LogP contribution in [0.15, 0.2) is 27.8 Å². The standard InChI is InChI=1S/C19H21ClN2O4/c1-10-16-13(22-24)8-19(2,3)9-15(16)26-17(10)18(23)21-12-7-11(20)5-6-14(12)25-4/h5-7,24H,8-9H2,1-4H3,(H,21,23)/b22-13-. The van der Waals surface area contributed by atoms with Crippen LogP contribution in [-0.4, -0.2) is 23.9 Å². The molecule has 3 rings (SSSR count). The Hall–Kier alpha value is -2.47. The van der Waals surface area contributed by atoms with Gasteiger partial charge in [0.15, 0.2) is 5.76 Å². The first-order chi connectivity index (χ1) is 12.3. The summed E-state index contributed by atoms with van der Waals surface area (Å²) in [5.74, 6) is 0.939. The zero-order valence-corrected chi connectivity index (χ0v) is 15.9. The average molecular weight is 377 g/mol. The minimum absolute atomic E-state index is 0.108. The van der Waals surface area contributed by atoms with Crippen LogP contribution >= 0.6 is 11.6 Å². The molecule has 1 amide bonds. The predicted molar refractivity (Wildman–Crippen MR) is 99.8 cm³/mol. The van der Waals surface area contributed by atoms with Crippen molar-refractivity contribution in [3.05, 3.63) is 45.9 Å². The lowest BCUT2D eigenvalue weighted by molar-refractivity contribution is 0.0992. The highest BCUT2D eigenvalue weighted by Gasteiger charge is 2.36. The highest BCUT2D eigenvalue weighted by atomic mass is 35.5. The average Bonchev–Trinajstić information content (AvgIpc) is 2.89. The quantitative estimate of drug-likeness (QED) is 0.603. The van der Waals surface area contributed by atoms with E-state index in [0.29, 0.717) is 46.3 Å². The molecule has 0 bridgehead atoms. The van der Waals surface area contributed by atoms with Crippen molar-refractivity contribution in [1.82, 2.24) is 0 Å². The van der Waals surface area contributed by atoms with Crippen molar-refractivity contribution in [1.29, 1.82) is 0 Å². The minimum atomic E-state index is -0.410. The number of halogens is 1. The monoisotopic (exact) mass is 376 g/mol. The normalized spacial score (nSPS) is 17.0. The number of furan rings is 1. The molecule has 26 heavy (non-hydrogen) atoms. The Morgan fingerprint density at radius 2 is 2.12 bits per heavy atom. The molecule has 7 heteroatoms. The van der Waals surface area contributed by atoms with E-state index in [1.165, 1.54) is 7.11 Å². The van der Waals surface area contributed by atoms with E-state index in [1.807, 2.05) is 0 Å². The third-order valence-electron chi connectivity index (χ3n) is 4.53. The third-order valence-corrected chi connectivity index (χ3v) is 4.77. The van der Waals surface area contributed by atoms with Crippen molar-refractivity contribution in [2.24, 2.45) is 10.6 Å². The molecule has 138 valence electrons. The second kappa shape index (κ2) is 6.68. The lowest BCUT2D eigenvalue weighted by Crippen LogP contribution is -2.27. The molecule has 1 aliphatic rings. The largest absolute Gasteiger partial charge is 0.495 e. The van der Waals surface area contributed by atoms with Crippen LogP contribution in [0.3, 0.4) is 0 Å². The van der Waals surface area contributed by atoms with Gasteiger partial charge in [0.2, 0.25) is 0 Å². The van der Waals surface area contributed by atoms with E-state index >= 15 is 0 Å². The van der Waals surface area contributed by atoms with E-state index in [0.717, 1.165) is 5.56 Å². The minimum Gasteiger partial charge on any atom is -0.495 e. The second-order valence-electron chi connectivity index (χ2n) is 7.22. The maximum Gasteiger partial charge on any atom is 0.291 e. The molecular weight excluding hydrogens is 356 g/mol. The Kier molecular flexibility index (Phi) is 4.71. The molecule has 1 aromatic carbocycles. The highest BCUT2D eigenvalue weighted by Crippen LogP contribution is 2.39. The number of fused-ring (bicyclic) bond motifs is 1. The van der Waals surface area contributed by atoms with Crippen LogP contribution in [0.1, 0.15) is 47.7 Å². The first kappa shape index (κ1) is 18.3. The van der Waals surface area contributed by atoms with Gasteiger partial charge in [-0.2, -0.15) is 0 Å². The first-order valence-corrected chi connectivity index (χ1v) is 8.62. The Balaban J connectivity index is 1.98. The van der Waals surface area contributed by atoms with Crippen molar-refractivity contribution < 1.29 is 19.2 Å². The van der Waals surface area contributed by atoms with Crippen LogP contribution in [0.5, 0.6) is 5.75 Å². The van der Waals surface area contributed by atoms with E-state index in [-0.39, 0.29) is 11.2 Å². The summed E-state index contributed by atoms with van der Waals surface area (Å²) in [7, 11) is 1.52. The topological polar surface area (TPSA) is 84.1 Å². The van der Waals surface area contributed by atoms with Gasteiger partial charge >= 0.3 is 0 Å². The number of carbonyl (C=O) groups is 1. The van der Waals surface area contributed by atoms with Crippen molar-refractivity contribution in [3.8, 4) is 5.75 Å². The number of hydrogen-bond donors (Lipinski definition) is 2. The summed E-state index contributed by atoms with van der Waals surface area (Å²) in [6.45, 7) is 5.92. The van der Waals surface area contributed by atoms with Gasteiger partial charge in [-0.05, 0) is 37.0 Å². The van der Waals surface area contributed by atoms with Gasteiger partial charge < -0.3 is 19.7 Å². The maximum atomic E-state index is 12.8. The Bertz CT molecular complexity index is 899. The highest BCUT2D eigenvalue weighted by molar-refractivity contribution is 6.31. The SMILES string of the molecule is COc1ccc(Cl)cc1NC(=O)c1oc2c(c1C)/C(=N\O)CC(C)(C)C2. The van der Waals surface area contributed by atoms with Crippen LogP contribution in [0.2, 0.25) is 5.02 Å². The molecule has 0 atom stereocenters. The number of carbonyl (C=O) groups excluding carboxylic acids is 1. The summed E-state index contributed by atoms with van der Waals surface area (Å²) in [4.78, 5) is 12.8. The van der Waals surface area contributed by atoms with Crippen molar-refractivity contribution in [3.63, 3.8) is 0 Å². The number of amides is 1. The van der Waals surface area contributed by atoms with E-state index in [1.54, 1.807) is 25.1 Å². The second-order valence-corrected chi connectivity index (χ2v) is 7.65. The molecule has 0 saturated heterocycles. The molecule has 2 aromatic rings. The first-order valence-electron chi connectivity index (χ1n) is 8.24. The van der Waals surface area contributed by atoms with Gasteiger partial charge in [-0.3, -0.25) is 4.79 Å². The lowest BCUT2D eigenvalue weighted by Gasteiger charge is -2.28. The summed E-state index contributed by atoms with van der Waals surface area (Å²) in [6, 6.07) is 4.97. The van der Waals surface area contributed by atoms with Crippen LogP contribution in [0.4, 0.5) is 5.69 Å². The van der Waals surface area contributed by atoms with Crippen LogP contribution in [0, 0.1) is 12.3 Å². The Morgan fingerprint density at radius 1 is 1.38 bits per heavy atom. The smallest absolute Gasteiger partial charge is 0.291 e. The molecule has 0 aliphatic heterocycles. The van der Waals surface area contributed by atoms with Gasteiger partial charge in [-0.25, -0.2) is 0 Å². The number of rotatable bonds is 3. The number of anilines is 1. The van der Waals surface area contributed by atoms with E-state index in [9.17, 15) is 10.0 Å². The Morgan fingerprint density at radius 3 is 2.77 bits per heavy atom. The molecule has 0 spiro atoms. The van der Waals surface area contributed by atoms with Gasteiger partial charge in [-0.15, -0.1) is 0 Å². The molecule has 0 unspecified atom stereocenters. The maximum absolute atomic E-state index is 12.8. The van der Waals surface area contributed by atoms with Crippen LogP contribution in [-0.2, 0) is 6.42 Å². The molecule has 0 saturated carbocycles. The fraction of sp³-hybridized carbons (Fsp3) is 0.368. The summed E-state index contributed by atoms with van der Waals surface area (Å²) in [5, 5.41) is 16.1. The summed E-state index contributed by atoms with van der Waals surface area (Å²) in [6.07, 6.45) is 1.27. The van der Waals surface area contributed by atoms with E-state index < -0.39 is 5.91 Å². The van der Waals surface area contributed by atoms with Gasteiger partial charge in [0.1, 0.15) is 11.5 Å².